The molecule has 2 rings (SSSR count). The summed E-state index contributed by atoms with van der Waals surface area (Å²) in [7, 11) is 0. The van der Waals surface area contributed by atoms with Crippen LogP contribution in [0.5, 0.6) is 0 Å². The van der Waals surface area contributed by atoms with E-state index in [1.54, 1.807) is 11.3 Å². The van der Waals surface area contributed by atoms with Crippen LogP contribution in [0.4, 0.5) is 0 Å². The predicted octanol–water partition coefficient (Wildman–Crippen LogP) is 3.64. The van der Waals surface area contributed by atoms with Crippen molar-refractivity contribution in [2.24, 2.45) is 4.99 Å². The minimum absolute atomic E-state index is 0. The second kappa shape index (κ2) is 12.9. The van der Waals surface area contributed by atoms with Crippen molar-refractivity contribution >= 4 is 41.3 Å². The molecule has 2 N–H and O–H groups in total. The van der Waals surface area contributed by atoms with E-state index in [1.807, 2.05) is 0 Å². The van der Waals surface area contributed by atoms with E-state index in [4.69, 9.17) is 0 Å². The van der Waals surface area contributed by atoms with Gasteiger partial charge in [0.25, 0.3) is 0 Å². The number of guanidine groups is 1. The highest BCUT2D eigenvalue weighted by atomic mass is 127. The van der Waals surface area contributed by atoms with Crippen molar-refractivity contribution in [2.45, 2.75) is 65.5 Å². The average molecular weight is 479 g/mol. The molecule has 25 heavy (non-hydrogen) atoms. The molecule has 0 radical (unpaired) electrons. The monoisotopic (exact) mass is 479 g/mol. The van der Waals surface area contributed by atoms with E-state index in [0.29, 0.717) is 6.54 Å². The summed E-state index contributed by atoms with van der Waals surface area (Å²) < 4.78 is 0. The van der Waals surface area contributed by atoms with Gasteiger partial charge in [-0.15, -0.1) is 35.3 Å². The van der Waals surface area contributed by atoms with Gasteiger partial charge in [0, 0.05) is 31.1 Å². The van der Waals surface area contributed by atoms with Gasteiger partial charge in [-0.05, 0) is 46.1 Å². The molecule has 1 saturated heterocycles. The maximum Gasteiger partial charge on any atom is 0.191 e. The van der Waals surface area contributed by atoms with Gasteiger partial charge in [-0.3, -0.25) is 0 Å². The third kappa shape index (κ3) is 8.21. The maximum atomic E-state index is 4.66. The molecule has 5 nitrogen and oxygen atoms in total. The number of aryl methyl sites for hydroxylation is 1. The molecule has 1 aliphatic heterocycles. The van der Waals surface area contributed by atoms with Gasteiger partial charge in [0.2, 0.25) is 0 Å². The quantitative estimate of drug-likeness (QED) is 0.259. The first-order valence-corrected chi connectivity index (χ1v) is 10.3. The number of piperidine rings is 1. The van der Waals surface area contributed by atoms with Crippen LogP contribution in [0.3, 0.4) is 0 Å². The number of aliphatic imine (C=N–C) groups is 1. The summed E-state index contributed by atoms with van der Waals surface area (Å²) >= 11 is 1.73. The normalized spacial score (nSPS) is 18.7. The fourth-order valence-corrected chi connectivity index (χ4v) is 3.80. The Morgan fingerprint density at radius 3 is 2.88 bits per heavy atom. The predicted molar refractivity (Wildman–Crippen MR) is 119 cm³/mol. The number of nitrogens with zero attached hydrogens (tertiary/aromatic N) is 3. The number of aromatic nitrogens is 1. The van der Waals surface area contributed by atoms with Crippen molar-refractivity contribution in [1.82, 2.24) is 20.5 Å². The molecule has 7 heteroatoms. The highest BCUT2D eigenvalue weighted by Crippen LogP contribution is 2.16. The van der Waals surface area contributed by atoms with Gasteiger partial charge in [-0.25, -0.2) is 9.98 Å². The summed E-state index contributed by atoms with van der Waals surface area (Å²) in [6, 6.07) is 0.748. The Labute approximate surface area is 174 Å². The Bertz CT molecular complexity index is 505. The van der Waals surface area contributed by atoms with Crippen LogP contribution in [0.1, 0.15) is 57.2 Å². The number of hydrogen-bond donors (Lipinski definition) is 2. The molecular formula is C18H34IN5S. The first kappa shape index (κ1) is 22.6. The molecule has 0 bridgehead atoms. The van der Waals surface area contributed by atoms with Crippen molar-refractivity contribution in [3.63, 3.8) is 0 Å². The van der Waals surface area contributed by atoms with Crippen molar-refractivity contribution in [3.8, 4) is 0 Å². The molecule has 2 heterocycles. The van der Waals surface area contributed by atoms with Crippen molar-refractivity contribution < 1.29 is 0 Å². The Balaban J connectivity index is 0.00000312. The zero-order chi connectivity index (χ0) is 17.2. The first-order valence-electron chi connectivity index (χ1n) is 9.42. The van der Waals surface area contributed by atoms with E-state index >= 15 is 0 Å². The van der Waals surface area contributed by atoms with Gasteiger partial charge in [0.1, 0.15) is 0 Å². The highest BCUT2D eigenvalue weighted by Gasteiger charge is 2.17. The van der Waals surface area contributed by atoms with Crippen molar-refractivity contribution in [2.75, 3.05) is 26.2 Å². The van der Waals surface area contributed by atoms with E-state index in [1.165, 1.54) is 37.4 Å². The molecule has 1 aliphatic rings. The van der Waals surface area contributed by atoms with E-state index in [2.05, 4.69) is 51.7 Å². The minimum atomic E-state index is 0. The Morgan fingerprint density at radius 1 is 1.36 bits per heavy atom. The number of rotatable bonds is 8. The lowest BCUT2D eigenvalue weighted by Gasteiger charge is -2.33. The number of nitrogens with one attached hydrogen (secondary N) is 2. The number of likely N-dealkylation sites (tertiary alicyclic amines) is 1. The third-order valence-corrected chi connectivity index (χ3v) is 5.54. The minimum Gasteiger partial charge on any atom is -0.357 e. The van der Waals surface area contributed by atoms with Gasteiger partial charge in [-0.2, -0.15) is 0 Å². The largest absolute Gasteiger partial charge is 0.357 e. The van der Waals surface area contributed by atoms with Crippen LogP contribution in [0, 0.1) is 0 Å². The van der Waals surface area contributed by atoms with E-state index in [-0.39, 0.29) is 24.0 Å². The Morgan fingerprint density at radius 2 is 2.20 bits per heavy atom. The zero-order valence-corrected chi connectivity index (χ0v) is 19.0. The molecule has 0 aromatic carbocycles. The lowest BCUT2D eigenvalue weighted by molar-refractivity contribution is 0.159. The number of halogens is 1. The van der Waals surface area contributed by atoms with E-state index in [9.17, 15) is 0 Å². The fraction of sp³-hybridized carbons (Fsp3) is 0.778. The van der Waals surface area contributed by atoms with Gasteiger partial charge in [-0.1, -0.05) is 13.3 Å². The lowest BCUT2D eigenvalue weighted by atomic mass is 10.0. The van der Waals surface area contributed by atoms with Crippen molar-refractivity contribution in [1.29, 1.82) is 0 Å². The molecule has 0 amide bonds. The summed E-state index contributed by atoms with van der Waals surface area (Å²) in [5.74, 6) is 0.898. The second-order valence-electron chi connectivity index (χ2n) is 6.44. The van der Waals surface area contributed by atoms with Crippen LogP contribution < -0.4 is 10.6 Å². The molecule has 1 aromatic heterocycles. The molecule has 1 aromatic rings. The highest BCUT2D eigenvalue weighted by molar-refractivity contribution is 14.0. The molecular weight excluding hydrogens is 445 g/mol. The van der Waals surface area contributed by atoms with Crippen LogP contribution in [0.2, 0.25) is 0 Å². The summed E-state index contributed by atoms with van der Waals surface area (Å²) in [5.41, 5.74) is 1.07. The lowest BCUT2D eigenvalue weighted by Crippen LogP contribution is -2.41. The summed E-state index contributed by atoms with van der Waals surface area (Å²) in [5, 5.41) is 10.1. The van der Waals surface area contributed by atoms with Gasteiger partial charge in [0.15, 0.2) is 5.96 Å². The average Bonchev–Trinajstić information content (AvgIpc) is 3.06. The molecule has 1 fully saturated rings. The summed E-state index contributed by atoms with van der Waals surface area (Å²) in [6.07, 6.45) is 6.26. The smallest absolute Gasteiger partial charge is 0.191 e. The fourth-order valence-electron chi connectivity index (χ4n) is 3.06. The van der Waals surface area contributed by atoms with Crippen LogP contribution >= 0.6 is 35.3 Å². The summed E-state index contributed by atoms with van der Waals surface area (Å²) in [6.45, 7) is 11.5. The number of hydrogen-bond acceptors (Lipinski definition) is 4. The second-order valence-corrected chi connectivity index (χ2v) is 7.39. The van der Waals surface area contributed by atoms with Gasteiger partial charge in [0.05, 0.1) is 17.2 Å². The van der Waals surface area contributed by atoms with Crippen LogP contribution in [-0.4, -0.2) is 48.1 Å². The molecule has 0 saturated carbocycles. The van der Waals surface area contributed by atoms with Crippen molar-refractivity contribution in [3.05, 3.63) is 16.1 Å². The molecule has 0 aliphatic carbocycles. The zero-order valence-electron chi connectivity index (χ0n) is 15.9. The summed E-state index contributed by atoms with van der Waals surface area (Å²) in [4.78, 5) is 11.9. The topological polar surface area (TPSA) is 52.6 Å². The molecule has 0 spiro atoms. The van der Waals surface area contributed by atoms with Crippen LogP contribution in [0.15, 0.2) is 10.4 Å². The third-order valence-electron chi connectivity index (χ3n) is 4.50. The maximum absolute atomic E-state index is 4.66. The SMILES string of the molecule is CCNC(=NCc1csc(CC)n1)NCCCN1CCCCC1C.I. The number of thiazole rings is 1. The Hall–Kier alpha value is -0.410. The van der Waals surface area contributed by atoms with Crippen LogP contribution in [0.25, 0.3) is 0 Å². The van der Waals surface area contributed by atoms with Crippen LogP contribution in [-0.2, 0) is 13.0 Å². The Kier molecular flexibility index (Phi) is 11.6. The standard InChI is InChI=1S/C18H33N5S.HI/c1-4-17-22-16(14-24-17)13-21-18(19-5-2)20-10-8-12-23-11-7-6-9-15(23)3;/h14-15H,4-13H2,1-3H3,(H2,19,20,21);1H. The van der Waals surface area contributed by atoms with Gasteiger partial charge < -0.3 is 15.5 Å². The molecule has 1 atom stereocenters. The van der Waals surface area contributed by atoms with E-state index in [0.717, 1.165) is 43.6 Å². The molecule has 1 unspecified atom stereocenters. The molecule has 144 valence electrons. The van der Waals surface area contributed by atoms with E-state index < -0.39 is 0 Å². The first-order chi connectivity index (χ1) is 11.7. The van der Waals surface area contributed by atoms with Gasteiger partial charge >= 0.3 is 0 Å².